The monoisotopic (exact) mass is 441 g/mol. The lowest BCUT2D eigenvalue weighted by Crippen LogP contribution is -2.27. The molecule has 0 saturated carbocycles. The minimum Gasteiger partial charge on any atom is -0.348 e. The van der Waals surface area contributed by atoms with Crippen molar-refractivity contribution in [1.82, 2.24) is 29.9 Å². The molecule has 3 aromatic rings. The second-order valence-corrected chi connectivity index (χ2v) is 8.91. The summed E-state index contributed by atoms with van der Waals surface area (Å²) in [5, 5.41) is 9.60. The van der Waals surface area contributed by atoms with Crippen molar-refractivity contribution < 1.29 is 8.78 Å². The van der Waals surface area contributed by atoms with E-state index in [2.05, 4.69) is 25.1 Å². The van der Waals surface area contributed by atoms with Gasteiger partial charge in [0.05, 0.1) is 17.3 Å². The van der Waals surface area contributed by atoms with E-state index in [0.29, 0.717) is 38.7 Å². The Kier molecular flexibility index (Phi) is 4.85. The molecule has 0 spiro atoms. The Morgan fingerprint density at radius 1 is 1.10 bits per heavy atom. The molecule has 0 atom stereocenters. The van der Waals surface area contributed by atoms with Crippen molar-refractivity contribution in [1.29, 1.82) is 0 Å². The number of fused-ring (bicyclic) bond motifs is 1. The zero-order valence-corrected chi connectivity index (χ0v) is 17.6. The normalized spacial score (nSPS) is 16.7. The SMILES string of the molecule is CC(C)(C)c1nc(N2CCC(F)(F)C2)c2nn(Cc3nc(Cl)ccc3Cl)nc2n1. The van der Waals surface area contributed by atoms with Crippen molar-refractivity contribution in [3.05, 3.63) is 33.8 Å². The number of halogens is 4. The van der Waals surface area contributed by atoms with Crippen LogP contribution in [0.3, 0.4) is 0 Å². The number of hydrogen-bond acceptors (Lipinski definition) is 6. The molecular weight excluding hydrogens is 423 g/mol. The Bertz CT molecular complexity index is 1080. The van der Waals surface area contributed by atoms with Crippen LogP contribution < -0.4 is 4.90 Å². The van der Waals surface area contributed by atoms with Crippen molar-refractivity contribution in [2.75, 3.05) is 18.0 Å². The summed E-state index contributed by atoms with van der Waals surface area (Å²) in [6.07, 6.45) is -0.223. The fraction of sp³-hybridized carbons (Fsp3) is 0.500. The molecule has 11 heteroatoms. The van der Waals surface area contributed by atoms with Crippen molar-refractivity contribution in [2.45, 2.75) is 45.1 Å². The summed E-state index contributed by atoms with van der Waals surface area (Å²) in [4.78, 5) is 16.2. The van der Waals surface area contributed by atoms with Gasteiger partial charge < -0.3 is 4.90 Å². The summed E-state index contributed by atoms with van der Waals surface area (Å²) >= 11 is 12.1. The maximum atomic E-state index is 13.8. The van der Waals surface area contributed by atoms with Gasteiger partial charge in [0.25, 0.3) is 5.92 Å². The molecule has 29 heavy (non-hydrogen) atoms. The Hall–Kier alpha value is -2.13. The molecule has 4 rings (SSSR count). The third kappa shape index (κ3) is 4.11. The molecule has 0 N–H and O–H groups in total. The van der Waals surface area contributed by atoms with Gasteiger partial charge in [0.1, 0.15) is 17.5 Å². The Labute approximate surface area is 176 Å². The highest BCUT2D eigenvalue weighted by Gasteiger charge is 2.40. The third-order valence-corrected chi connectivity index (χ3v) is 5.14. The molecule has 0 amide bonds. The van der Waals surface area contributed by atoms with Crippen LogP contribution in [-0.4, -0.2) is 49.0 Å². The topological polar surface area (TPSA) is 72.6 Å². The molecule has 3 aromatic heterocycles. The first-order valence-electron chi connectivity index (χ1n) is 9.09. The summed E-state index contributed by atoms with van der Waals surface area (Å²) in [7, 11) is 0. The summed E-state index contributed by atoms with van der Waals surface area (Å²) in [6.45, 7) is 5.81. The molecule has 0 bridgehead atoms. The van der Waals surface area contributed by atoms with E-state index in [4.69, 9.17) is 23.2 Å². The van der Waals surface area contributed by atoms with E-state index in [1.165, 1.54) is 4.80 Å². The molecule has 1 aliphatic heterocycles. The molecule has 4 heterocycles. The number of aromatic nitrogens is 6. The van der Waals surface area contributed by atoms with Gasteiger partial charge in [-0.05, 0) is 12.1 Å². The zero-order valence-electron chi connectivity index (χ0n) is 16.1. The molecule has 154 valence electrons. The van der Waals surface area contributed by atoms with E-state index < -0.39 is 12.5 Å². The molecule has 0 aliphatic carbocycles. The lowest BCUT2D eigenvalue weighted by Gasteiger charge is -2.21. The summed E-state index contributed by atoms with van der Waals surface area (Å²) in [5.74, 6) is -1.87. The second kappa shape index (κ2) is 6.98. The molecule has 1 fully saturated rings. The Morgan fingerprint density at radius 2 is 1.86 bits per heavy atom. The van der Waals surface area contributed by atoms with E-state index in [-0.39, 0.29) is 24.9 Å². The molecule has 1 aliphatic rings. The van der Waals surface area contributed by atoms with Crippen LogP contribution in [0.2, 0.25) is 10.2 Å². The van der Waals surface area contributed by atoms with Crippen LogP contribution in [0.25, 0.3) is 11.2 Å². The first kappa shape index (κ1) is 20.2. The first-order valence-corrected chi connectivity index (χ1v) is 9.84. The van der Waals surface area contributed by atoms with Crippen LogP contribution in [0, 0.1) is 0 Å². The number of anilines is 1. The fourth-order valence-electron chi connectivity index (χ4n) is 3.08. The van der Waals surface area contributed by atoms with Gasteiger partial charge in [-0.15, -0.1) is 10.2 Å². The smallest absolute Gasteiger partial charge is 0.266 e. The molecular formula is C18H19Cl2F2N7. The van der Waals surface area contributed by atoms with Crippen LogP contribution in [0.4, 0.5) is 14.6 Å². The third-order valence-electron chi connectivity index (χ3n) is 4.59. The Morgan fingerprint density at radius 3 is 2.52 bits per heavy atom. The molecule has 7 nitrogen and oxygen atoms in total. The van der Waals surface area contributed by atoms with Gasteiger partial charge in [-0.25, -0.2) is 23.7 Å². The summed E-state index contributed by atoms with van der Waals surface area (Å²) in [6, 6.07) is 3.23. The van der Waals surface area contributed by atoms with Crippen LogP contribution in [0.15, 0.2) is 12.1 Å². The largest absolute Gasteiger partial charge is 0.348 e. The van der Waals surface area contributed by atoms with Gasteiger partial charge in [-0.2, -0.15) is 4.80 Å². The molecule has 0 radical (unpaired) electrons. The average molecular weight is 442 g/mol. The highest BCUT2D eigenvalue weighted by Crippen LogP contribution is 2.34. The zero-order chi connectivity index (χ0) is 21.0. The maximum Gasteiger partial charge on any atom is 0.266 e. The van der Waals surface area contributed by atoms with Crippen LogP contribution in [-0.2, 0) is 12.0 Å². The van der Waals surface area contributed by atoms with Crippen molar-refractivity contribution in [3.8, 4) is 0 Å². The minimum absolute atomic E-state index is 0.163. The number of nitrogens with zero attached hydrogens (tertiary/aromatic N) is 7. The molecule has 1 saturated heterocycles. The summed E-state index contributed by atoms with van der Waals surface area (Å²) < 4.78 is 27.7. The van der Waals surface area contributed by atoms with Gasteiger partial charge >= 0.3 is 0 Å². The van der Waals surface area contributed by atoms with Gasteiger partial charge in [-0.1, -0.05) is 44.0 Å². The van der Waals surface area contributed by atoms with Crippen LogP contribution >= 0.6 is 23.2 Å². The maximum absolute atomic E-state index is 13.8. The number of hydrogen-bond donors (Lipinski definition) is 0. The predicted octanol–water partition coefficient (Wildman–Crippen LogP) is 4.11. The predicted molar refractivity (Wildman–Crippen MR) is 107 cm³/mol. The van der Waals surface area contributed by atoms with Crippen molar-refractivity contribution in [2.24, 2.45) is 0 Å². The average Bonchev–Trinajstić information content (AvgIpc) is 3.18. The fourth-order valence-corrected chi connectivity index (χ4v) is 3.41. The number of alkyl halides is 2. The van der Waals surface area contributed by atoms with Crippen LogP contribution in [0.5, 0.6) is 0 Å². The number of rotatable bonds is 3. The molecule has 0 aromatic carbocycles. The quantitative estimate of drug-likeness (QED) is 0.569. The second-order valence-electron chi connectivity index (χ2n) is 8.11. The van der Waals surface area contributed by atoms with E-state index in [0.717, 1.165) is 0 Å². The van der Waals surface area contributed by atoms with Crippen LogP contribution in [0.1, 0.15) is 38.7 Å². The molecule has 0 unspecified atom stereocenters. The first-order chi connectivity index (χ1) is 13.5. The van der Waals surface area contributed by atoms with Gasteiger partial charge in [-0.3, -0.25) is 0 Å². The van der Waals surface area contributed by atoms with E-state index >= 15 is 0 Å². The minimum atomic E-state index is -2.76. The summed E-state index contributed by atoms with van der Waals surface area (Å²) in [5.41, 5.74) is 0.826. The van der Waals surface area contributed by atoms with Gasteiger partial charge in [0, 0.05) is 18.4 Å². The highest BCUT2D eigenvalue weighted by atomic mass is 35.5. The van der Waals surface area contributed by atoms with Crippen molar-refractivity contribution >= 4 is 40.2 Å². The van der Waals surface area contributed by atoms with Crippen molar-refractivity contribution in [3.63, 3.8) is 0 Å². The highest BCUT2D eigenvalue weighted by molar-refractivity contribution is 6.32. The lowest BCUT2D eigenvalue weighted by molar-refractivity contribution is 0.0257. The van der Waals surface area contributed by atoms with E-state index in [1.54, 1.807) is 17.0 Å². The number of pyridine rings is 1. The van der Waals surface area contributed by atoms with Gasteiger partial charge in [0.15, 0.2) is 11.3 Å². The van der Waals surface area contributed by atoms with E-state index in [1.807, 2.05) is 20.8 Å². The lowest BCUT2D eigenvalue weighted by atomic mass is 9.96. The Balaban J connectivity index is 1.80. The van der Waals surface area contributed by atoms with Gasteiger partial charge in [0.2, 0.25) is 5.65 Å². The van der Waals surface area contributed by atoms with E-state index in [9.17, 15) is 8.78 Å². The standard InChI is InChI=1S/C18H19Cl2F2N7/c1-17(2,3)16-24-14-13(15(25-16)28-7-6-18(21,22)9-28)26-29(27-14)8-11-10(19)4-5-12(20)23-11/h4-5H,6-9H2,1-3H3.